The van der Waals surface area contributed by atoms with Gasteiger partial charge in [-0.05, 0) is 90.3 Å². The fraction of sp³-hybridized carbons (Fsp3) is 0.855. The standard InChI is InChI=1S/C76H139N13O23/c1-52(2)62(96)23-12-10-8-6-7-9-11-13-27-69(103)86-76(49-110-40-28-66(100)80-34-20-31-77-63(97)24-14-17-37-87-43-56(83-53(3)93)70(104)73(107)59(87)46-90,50-111-41-29-67(101)81-35-21-32-78-64(98)25-15-18-38-88-44-57(84-54(4)94)71(105)74(108)60(88)47-91)51-112-42-30-68(102)82-36-22-33-79-65(99)26-16-19-39-89-45-58(85-55(5)95)72(106)75(109)61(89)48-92/h52,56-61,70-75,90-92,104-109H,6-51H2,1-5H3,(H,77,97)(H,78,98)(H,79,99)(H,80,100)(H,81,101)(H,82,102)(H,83,93)(H,84,94)(H,85,95)(H,86,103)/t56-,57-,58-,59?,60?,61?,70?,71?,72?,73?,74?,75?,76?/m1/s1. The number of amides is 10. The van der Waals surface area contributed by atoms with Gasteiger partial charge in [0.1, 0.15) is 29.6 Å². The maximum Gasteiger partial charge on any atom is 0.222 e. The number of hydrogen-bond acceptors (Lipinski definition) is 26. The van der Waals surface area contributed by atoms with Gasteiger partial charge in [-0.15, -0.1) is 0 Å². The molecule has 0 spiro atoms. The van der Waals surface area contributed by atoms with Crippen molar-refractivity contribution in [3.8, 4) is 0 Å². The van der Waals surface area contributed by atoms with Crippen molar-refractivity contribution in [2.75, 3.05) is 138 Å². The van der Waals surface area contributed by atoms with Crippen molar-refractivity contribution in [2.45, 2.75) is 274 Å². The summed E-state index contributed by atoms with van der Waals surface area (Å²) in [5.41, 5.74) is -1.39. The van der Waals surface area contributed by atoms with Gasteiger partial charge in [0.2, 0.25) is 59.1 Å². The van der Waals surface area contributed by atoms with E-state index in [1.807, 2.05) is 13.8 Å². The van der Waals surface area contributed by atoms with Crippen LogP contribution in [0.25, 0.3) is 0 Å². The van der Waals surface area contributed by atoms with Crippen molar-refractivity contribution in [3.05, 3.63) is 0 Å². The number of nitrogens with zero attached hydrogens (tertiary/aromatic N) is 3. The van der Waals surface area contributed by atoms with E-state index in [1.54, 1.807) is 14.7 Å². The molecule has 3 heterocycles. The van der Waals surface area contributed by atoms with E-state index in [4.69, 9.17) is 14.2 Å². The predicted molar refractivity (Wildman–Crippen MR) is 413 cm³/mol. The molecule has 19 N–H and O–H groups in total. The molecular formula is C76H139N13O23. The first-order valence-electron chi connectivity index (χ1n) is 40.7. The van der Waals surface area contributed by atoms with Crippen LogP contribution in [0.3, 0.4) is 0 Å². The minimum Gasteiger partial charge on any atom is -0.395 e. The number of aliphatic hydroxyl groups excluding tert-OH is 9. The van der Waals surface area contributed by atoms with Crippen LogP contribution in [0.5, 0.6) is 0 Å². The van der Waals surface area contributed by atoms with Gasteiger partial charge in [-0.1, -0.05) is 52.4 Å². The fourth-order valence-electron chi connectivity index (χ4n) is 13.9. The molecule has 0 aromatic heterocycles. The second kappa shape index (κ2) is 57.8. The Hall–Kier alpha value is -6.23. The summed E-state index contributed by atoms with van der Waals surface area (Å²) in [6.07, 6.45) is 4.93. The summed E-state index contributed by atoms with van der Waals surface area (Å²) in [7, 11) is 0. The number of ketones is 1. The average molecular weight is 1600 g/mol. The van der Waals surface area contributed by atoms with Crippen LogP contribution in [0.15, 0.2) is 0 Å². The highest BCUT2D eigenvalue weighted by Crippen LogP contribution is 2.24. The number of likely N-dealkylation sites (tertiary alicyclic amines) is 3. The Morgan fingerprint density at radius 3 is 0.857 bits per heavy atom. The number of nitrogens with one attached hydrogen (secondary N) is 10. The lowest BCUT2D eigenvalue weighted by Crippen LogP contribution is -2.66. The minimum absolute atomic E-state index is 0.0288. The van der Waals surface area contributed by atoms with Crippen LogP contribution in [-0.2, 0) is 67.0 Å². The molecule has 0 radical (unpaired) electrons. The molecule has 0 aromatic rings. The maximum atomic E-state index is 14.0. The largest absolute Gasteiger partial charge is 0.395 e. The monoisotopic (exact) mass is 1600 g/mol. The van der Waals surface area contributed by atoms with Crippen LogP contribution in [-0.4, -0.2) is 342 Å². The zero-order valence-corrected chi connectivity index (χ0v) is 67.1. The molecule has 36 heteroatoms. The van der Waals surface area contributed by atoms with E-state index in [0.717, 1.165) is 44.9 Å². The van der Waals surface area contributed by atoms with Crippen LogP contribution in [0.2, 0.25) is 0 Å². The highest BCUT2D eigenvalue weighted by atomic mass is 16.5. The zero-order valence-electron chi connectivity index (χ0n) is 67.1. The van der Waals surface area contributed by atoms with Crippen molar-refractivity contribution in [3.63, 3.8) is 0 Å². The number of aliphatic hydroxyl groups is 9. The lowest BCUT2D eigenvalue weighted by atomic mass is 9.92. The van der Waals surface area contributed by atoms with E-state index in [1.165, 1.54) is 20.8 Å². The van der Waals surface area contributed by atoms with E-state index in [9.17, 15) is 98.7 Å². The Balaban J connectivity index is 1.58. The summed E-state index contributed by atoms with van der Waals surface area (Å²) < 4.78 is 18.4. The first-order valence-corrected chi connectivity index (χ1v) is 40.7. The molecule has 3 fully saturated rings. The minimum atomic E-state index is -1.39. The Morgan fingerprint density at radius 1 is 0.339 bits per heavy atom. The van der Waals surface area contributed by atoms with Gasteiger partial charge >= 0.3 is 0 Å². The van der Waals surface area contributed by atoms with E-state index >= 15 is 0 Å². The molecule has 3 aliphatic heterocycles. The molecular weight excluding hydrogens is 1460 g/mol. The molecule has 112 heavy (non-hydrogen) atoms. The molecule has 0 saturated carbocycles. The van der Waals surface area contributed by atoms with Gasteiger partial charge in [0.15, 0.2) is 0 Å². The maximum absolute atomic E-state index is 14.0. The first kappa shape index (κ1) is 100.0. The topological polar surface area (TPSA) is 528 Å². The van der Waals surface area contributed by atoms with Crippen LogP contribution in [0, 0.1) is 5.92 Å². The number of Topliss-reactive ketones (excluding diaryl/α,β-unsaturated/α-hetero) is 1. The van der Waals surface area contributed by atoms with Crippen LogP contribution >= 0.6 is 0 Å². The van der Waals surface area contributed by atoms with Crippen molar-refractivity contribution in [1.29, 1.82) is 0 Å². The molecule has 36 nitrogen and oxygen atoms in total. The smallest absolute Gasteiger partial charge is 0.222 e. The molecule has 9 unspecified atom stereocenters. The lowest BCUT2D eigenvalue weighted by molar-refractivity contribution is -0.130. The summed E-state index contributed by atoms with van der Waals surface area (Å²) in [6, 6.07) is -4.37. The van der Waals surface area contributed by atoms with Gasteiger partial charge in [0.25, 0.3) is 0 Å². The third-order valence-electron chi connectivity index (χ3n) is 20.4. The molecule has 0 bridgehead atoms. The Kier molecular flexibility index (Phi) is 51.5. The predicted octanol–water partition coefficient (Wildman–Crippen LogP) is -3.73. The molecule has 646 valence electrons. The molecule has 0 aromatic carbocycles. The first-order chi connectivity index (χ1) is 53.5. The molecule has 12 atom stereocenters. The number of hydrogen-bond donors (Lipinski definition) is 19. The second-order valence-corrected chi connectivity index (χ2v) is 30.3. The molecule has 3 rings (SSSR count). The zero-order chi connectivity index (χ0) is 82.8. The van der Waals surface area contributed by atoms with Crippen molar-refractivity contribution < 1.29 is 113 Å². The van der Waals surface area contributed by atoms with Gasteiger partial charge in [-0.2, -0.15) is 0 Å². The van der Waals surface area contributed by atoms with Gasteiger partial charge < -0.3 is 113 Å². The number of piperidine rings is 3. The SMILES string of the molecule is CC(=O)N[C@@H]1CN(CCCCC(=O)NCCCNC(=O)CCOCC(COCCC(=O)NCCCNC(=O)CCCCN2C[C@@H](NC(C)=O)C(O)C(O)C2CO)(COCCC(=O)NCCCNC(=O)CCCCN2C[C@@H](NC(C)=O)C(O)C(O)C2CO)NC(=O)CCCCCCCCCCC(=O)C(C)C)C(CO)C(O)C1O. The van der Waals surface area contributed by atoms with Crippen molar-refractivity contribution >= 4 is 64.9 Å². The molecule has 10 amide bonds. The van der Waals surface area contributed by atoms with Gasteiger partial charge in [0, 0.05) is 137 Å². The summed E-state index contributed by atoms with van der Waals surface area (Å²) in [6.45, 7) is 9.01. The van der Waals surface area contributed by atoms with E-state index in [2.05, 4.69) is 53.2 Å². The molecule has 0 aliphatic carbocycles. The summed E-state index contributed by atoms with van der Waals surface area (Å²) in [5, 5.41) is 121. The number of unbranched alkanes of at least 4 members (excludes halogenated alkanes) is 10. The van der Waals surface area contributed by atoms with Crippen LogP contribution < -0.4 is 53.2 Å². The van der Waals surface area contributed by atoms with Gasteiger partial charge in [-0.25, -0.2) is 0 Å². The van der Waals surface area contributed by atoms with Crippen molar-refractivity contribution in [2.24, 2.45) is 5.92 Å². The number of ether oxygens (including phenoxy) is 3. The lowest BCUT2D eigenvalue weighted by Gasteiger charge is -2.45. The van der Waals surface area contributed by atoms with Gasteiger partial charge in [0.05, 0.1) is 114 Å². The number of carbonyl (C=O) groups is 11. The van der Waals surface area contributed by atoms with Crippen LogP contribution in [0.4, 0.5) is 0 Å². The van der Waals surface area contributed by atoms with E-state index in [0.29, 0.717) is 90.3 Å². The summed E-state index contributed by atoms with van der Waals surface area (Å²) >= 11 is 0. The van der Waals surface area contributed by atoms with Gasteiger partial charge in [-0.3, -0.25) is 67.4 Å². The Bertz CT molecular complexity index is 2530. The molecule has 3 aliphatic rings. The van der Waals surface area contributed by atoms with E-state index < -0.39 is 98.2 Å². The van der Waals surface area contributed by atoms with E-state index in [-0.39, 0.29) is 214 Å². The average Bonchev–Trinajstić information content (AvgIpc) is 0.819. The number of rotatable bonds is 61. The Labute approximate surface area is 660 Å². The highest BCUT2D eigenvalue weighted by molar-refractivity contribution is 5.81. The summed E-state index contributed by atoms with van der Waals surface area (Å²) in [4.78, 5) is 144. The summed E-state index contributed by atoms with van der Waals surface area (Å²) in [5.74, 6) is -2.78. The fourth-order valence-corrected chi connectivity index (χ4v) is 13.9. The highest BCUT2D eigenvalue weighted by Gasteiger charge is 2.45. The quantitative estimate of drug-likeness (QED) is 0.0260. The third kappa shape index (κ3) is 41.4. The Morgan fingerprint density at radius 2 is 0.589 bits per heavy atom. The third-order valence-corrected chi connectivity index (χ3v) is 20.4. The normalized spacial score (nSPS) is 22.7. The second-order valence-electron chi connectivity index (χ2n) is 30.3. The number of carbonyl (C=O) groups excluding carboxylic acids is 11. The van der Waals surface area contributed by atoms with Crippen molar-refractivity contribution in [1.82, 2.24) is 67.9 Å². The molecule has 3 saturated heterocycles. The van der Waals surface area contributed by atoms with Crippen LogP contribution in [0.1, 0.15) is 195 Å².